The number of aromatic hydroxyl groups is 3. The van der Waals surface area contributed by atoms with Crippen molar-refractivity contribution < 1.29 is 24.4 Å². The zero-order valence-corrected chi connectivity index (χ0v) is 16.7. The minimum absolute atomic E-state index is 0.0805. The van der Waals surface area contributed by atoms with E-state index in [4.69, 9.17) is 4.74 Å². The number of hydrogen-bond acceptors (Lipinski definition) is 7. The number of phenols is 3. The van der Waals surface area contributed by atoms with Gasteiger partial charge in [-0.2, -0.15) is 5.10 Å². The number of aromatic nitrogens is 1. The van der Waals surface area contributed by atoms with Gasteiger partial charge in [0.2, 0.25) is 10.6 Å². The average molecular weight is 429 g/mol. The highest BCUT2D eigenvalue weighted by molar-refractivity contribution is 7.07. The lowest BCUT2D eigenvalue weighted by Crippen LogP contribution is -2.17. The molecule has 0 amide bonds. The number of benzene rings is 2. The molecule has 1 unspecified atom stereocenters. The Morgan fingerprint density at radius 1 is 1.13 bits per heavy atom. The molecule has 1 atom stereocenters. The Labute approximate surface area is 175 Å². The normalized spacial score (nSPS) is 17.2. The zero-order valence-electron chi connectivity index (χ0n) is 15.9. The Kier molecular flexibility index (Phi) is 5.82. The first-order chi connectivity index (χ1) is 14.5. The third kappa shape index (κ3) is 4.22. The van der Waals surface area contributed by atoms with Crippen molar-refractivity contribution in [2.24, 2.45) is 10.1 Å². The third-order valence-corrected chi connectivity index (χ3v) is 5.61. The van der Waals surface area contributed by atoms with Crippen LogP contribution < -0.4 is 4.80 Å². The number of rotatable bonds is 5. The van der Waals surface area contributed by atoms with Crippen LogP contribution in [0.4, 0.5) is 4.39 Å². The summed E-state index contributed by atoms with van der Waals surface area (Å²) in [6.07, 6.45) is 3.42. The number of phenolic OH excluding ortho intramolecular Hbond substituents is 3. The first-order valence-electron chi connectivity index (χ1n) is 9.40. The highest BCUT2D eigenvalue weighted by atomic mass is 32.1. The van der Waals surface area contributed by atoms with Gasteiger partial charge >= 0.3 is 0 Å². The summed E-state index contributed by atoms with van der Waals surface area (Å²) in [6, 6.07) is 8.73. The number of hydrogen-bond donors (Lipinski definition) is 3. The lowest BCUT2D eigenvalue weighted by atomic mass is 10.2. The molecule has 0 radical (unpaired) electrons. The van der Waals surface area contributed by atoms with Crippen LogP contribution in [-0.4, -0.2) is 45.5 Å². The predicted molar refractivity (Wildman–Crippen MR) is 112 cm³/mol. The van der Waals surface area contributed by atoms with Crippen LogP contribution in [0.25, 0.3) is 11.3 Å². The van der Waals surface area contributed by atoms with Crippen LogP contribution in [0.5, 0.6) is 17.2 Å². The van der Waals surface area contributed by atoms with E-state index in [1.807, 2.05) is 5.38 Å². The van der Waals surface area contributed by atoms with Crippen LogP contribution in [0.1, 0.15) is 18.4 Å². The topological polar surface area (TPSA) is 99.6 Å². The summed E-state index contributed by atoms with van der Waals surface area (Å²) in [5.74, 6) is -1.85. The molecule has 156 valence electrons. The Morgan fingerprint density at radius 3 is 2.67 bits per heavy atom. The number of halogens is 1. The highest BCUT2D eigenvalue weighted by Gasteiger charge is 2.15. The molecule has 0 saturated carbocycles. The Hall–Kier alpha value is -3.17. The van der Waals surface area contributed by atoms with E-state index in [1.165, 1.54) is 41.8 Å². The van der Waals surface area contributed by atoms with E-state index in [9.17, 15) is 19.7 Å². The molecular formula is C21H20FN3O4S. The van der Waals surface area contributed by atoms with Gasteiger partial charge in [-0.05, 0) is 49.2 Å². The molecule has 2 aromatic carbocycles. The molecule has 0 spiro atoms. The molecule has 1 aliphatic rings. The molecule has 3 aromatic rings. The van der Waals surface area contributed by atoms with Crippen molar-refractivity contribution in [3.8, 4) is 28.5 Å². The van der Waals surface area contributed by atoms with E-state index in [0.29, 0.717) is 17.0 Å². The fourth-order valence-corrected chi connectivity index (χ4v) is 3.96. The Morgan fingerprint density at radius 2 is 1.93 bits per heavy atom. The van der Waals surface area contributed by atoms with E-state index in [0.717, 1.165) is 25.0 Å². The van der Waals surface area contributed by atoms with Gasteiger partial charge in [0, 0.05) is 23.1 Å². The van der Waals surface area contributed by atoms with Crippen LogP contribution in [-0.2, 0) is 4.74 Å². The summed E-state index contributed by atoms with van der Waals surface area (Å²) in [4.78, 5) is 5.25. The molecule has 7 nitrogen and oxygen atoms in total. The van der Waals surface area contributed by atoms with E-state index >= 15 is 0 Å². The van der Waals surface area contributed by atoms with Crippen molar-refractivity contribution >= 4 is 17.6 Å². The van der Waals surface area contributed by atoms with E-state index in [-0.39, 0.29) is 17.5 Å². The van der Waals surface area contributed by atoms with Crippen molar-refractivity contribution in [2.45, 2.75) is 18.9 Å². The monoisotopic (exact) mass is 429 g/mol. The zero-order chi connectivity index (χ0) is 21.1. The van der Waals surface area contributed by atoms with Gasteiger partial charge in [-0.1, -0.05) is 0 Å². The summed E-state index contributed by atoms with van der Waals surface area (Å²) in [7, 11) is 0. The summed E-state index contributed by atoms with van der Waals surface area (Å²) in [6.45, 7) is 1.25. The van der Waals surface area contributed by atoms with Crippen LogP contribution in [0, 0.1) is 5.82 Å². The molecule has 1 saturated heterocycles. The van der Waals surface area contributed by atoms with Gasteiger partial charge in [-0.15, -0.1) is 11.3 Å². The van der Waals surface area contributed by atoms with Crippen LogP contribution >= 0.6 is 11.3 Å². The first kappa shape index (κ1) is 20.1. The van der Waals surface area contributed by atoms with E-state index < -0.39 is 17.2 Å². The van der Waals surface area contributed by atoms with Crippen molar-refractivity contribution in [3.63, 3.8) is 0 Å². The highest BCUT2D eigenvalue weighted by Crippen LogP contribution is 2.36. The fraction of sp³-hybridized carbons (Fsp3) is 0.238. The average Bonchev–Trinajstić information content (AvgIpc) is 3.40. The standard InChI is InChI=1S/C21H20FN3O4S/c22-15-6-3-13(4-7-15)17-12-30-21(23-11-16-2-1-9-29-16)25(17)24-10-14-5-8-18(26)20(28)19(14)27/h3-8,10,12,16,26-28H,1-2,9,11H2/b23-21?,24-10+. The summed E-state index contributed by atoms with van der Waals surface area (Å²) in [5.41, 5.74) is 1.67. The lowest BCUT2D eigenvalue weighted by molar-refractivity contribution is 0.117. The molecule has 1 aromatic heterocycles. The van der Waals surface area contributed by atoms with Gasteiger partial charge in [0.05, 0.1) is 24.6 Å². The van der Waals surface area contributed by atoms with Gasteiger partial charge in [0.1, 0.15) is 5.82 Å². The second-order valence-corrected chi connectivity index (χ2v) is 7.65. The Bertz CT molecular complexity index is 1130. The molecule has 9 heteroatoms. The van der Waals surface area contributed by atoms with Crippen molar-refractivity contribution in [3.05, 3.63) is 58.0 Å². The first-order valence-corrected chi connectivity index (χ1v) is 10.3. The molecule has 2 heterocycles. The smallest absolute Gasteiger partial charge is 0.206 e. The fourth-order valence-electron chi connectivity index (χ4n) is 3.12. The summed E-state index contributed by atoms with van der Waals surface area (Å²) < 4.78 is 20.6. The van der Waals surface area contributed by atoms with Gasteiger partial charge in [0.15, 0.2) is 11.5 Å². The second kappa shape index (κ2) is 8.68. The molecule has 1 aliphatic heterocycles. The van der Waals surface area contributed by atoms with E-state index in [1.54, 1.807) is 16.8 Å². The minimum atomic E-state index is -0.615. The van der Waals surface area contributed by atoms with Crippen LogP contribution in [0.15, 0.2) is 51.9 Å². The van der Waals surface area contributed by atoms with E-state index in [2.05, 4.69) is 10.1 Å². The number of nitrogens with zero attached hydrogens (tertiary/aromatic N) is 3. The SMILES string of the molecule is Oc1ccc(/C=N/n2c(-c3ccc(F)cc3)csc2=NCC2CCCO2)c(O)c1O. The maximum Gasteiger partial charge on any atom is 0.206 e. The molecular weight excluding hydrogens is 409 g/mol. The van der Waals surface area contributed by atoms with Gasteiger partial charge in [-0.3, -0.25) is 4.99 Å². The third-order valence-electron chi connectivity index (χ3n) is 4.75. The minimum Gasteiger partial charge on any atom is -0.504 e. The van der Waals surface area contributed by atoms with Crippen molar-refractivity contribution in [2.75, 3.05) is 13.2 Å². The second-order valence-electron chi connectivity index (χ2n) is 6.81. The Balaban J connectivity index is 1.74. The number of thiazole rings is 1. The van der Waals surface area contributed by atoms with Crippen molar-refractivity contribution in [1.82, 2.24) is 4.68 Å². The molecule has 0 bridgehead atoms. The molecule has 1 fully saturated rings. The van der Waals surface area contributed by atoms with Gasteiger partial charge in [-0.25, -0.2) is 9.07 Å². The predicted octanol–water partition coefficient (Wildman–Crippen LogP) is 3.43. The quantitative estimate of drug-likeness (QED) is 0.427. The molecule has 3 N–H and O–H groups in total. The van der Waals surface area contributed by atoms with Gasteiger partial charge in [0.25, 0.3) is 0 Å². The largest absolute Gasteiger partial charge is 0.504 e. The molecule has 4 rings (SSSR count). The van der Waals surface area contributed by atoms with Gasteiger partial charge < -0.3 is 20.1 Å². The number of ether oxygens (including phenoxy) is 1. The maximum absolute atomic E-state index is 13.3. The molecule has 0 aliphatic carbocycles. The van der Waals surface area contributed by atoms with Crippen LogP contribution in [0.2, 0.25) is 0 Å². The van der Waals surface area contributed by atoms with Crippen LogP contribution in [0.3, 0.4) is 0 Å². The summed E-state index contributed by atoms with van der Waals surface area (Å²) in [5, 5.41) is 35.6. The summed E-state index contributed by atoms with van der Waals surface area (Å²) >= 11 is 1.38. The lowest BCUT2D eigenvalue weighted by Gasteiger charge is -2.06. The maximum atomic E-state index is 13.3. The van der Waals surface area contributed by atoms with Crippen molar-refractivity contribution in [1.29, 1.82) is 0 Å². The molecule has 30 heavy (non-hydrogen) atoms.